The van der Waals surface area contributed by atoms with E-state index in [9.17, 15) is 4.79 Å². The van der Waals surface area contributed by atoms with Gasteiger partial charge in [0.25, 0.3) is 5.91 Å². The van der Waals surface area contributed by atoms with E-state index in [1.807, 2.05) is 23.1 Å². The van der Waals surface area contributed by atoms with Crippen molar-refractivity contribution in [2.75, 3.05) is 14.1 Å². The summed E-state index contributed by atoms with van der Waals surface area (Å²) in [6, 6.07) is 27.2. The molecule has 6 heteroatoms. The smallest absolute Gasteiger partial charge is 0.255 e. The highest BCUT2D eigenvalue weighted by Crippen LogP contribution is 2.46. The molecule has 2 aliphatic rings. The van der Waals surface area contributed by atoms with Crippen molar-refractivity contribution in [1.82, 2.24) is 14.7 Å². The molecule has 3 aromatic carbocycles. The molecule has 218 valence electrons. The molecule has 0 radical (unpaired) electrons. The average Bonchev–Trinajstić information content (AvgIpc) is 3.43. The fourth-order valence-corrected chi connectivity index (χ4v) is 6.58. The molecule has 2 heterocycles. The number of hydrogen-bond donors (Lipinski definition) is 0. The lowest BCUT2D eigenvalue weighted by Gasteiger charge is -2.34. The average molecular weight is 556 g/mol. The minimum absolute atomic E-state index is 0.0150. The molecule has 6 nitrogen and oxygen atoms in total. The highest BCUT2D eigenvalue weighted by molar-refractivity contribution is 5.98. The quantitative estimate of drug-likeness (QED) is 0.310. The molecule has 6 atom stereocenters. The summed E-state index contributed by atoms with van der Waals surface area (Å²) in [5.41, 5.74) is 4.75. The number of ether oxygens (including phenoxy) is 2. The zero-order chi connectivity index (χ0) is 29.4. The first-order valence-electron chi connectivity index (χ1n) is 14.9. The van der Waals surface area contributed by atoms with Crippen LogP contribution in [0, 0.1) is 0 Å². The van der Waals surface area contributed by atoms with Crippen LogP contribution in [0.5, 0.6) is 0 Å². The van der Waals surface area contributed by atoms with Gasteiger partial charge in [-0.15, -0.1) is 0 Å². The summed E-state index contributed by atoms with van der Waals surface area (Å²) in [6.07, 6.45) is -0.942. The Morgan fingerprint density at radius 1 is 0.659 bits per heavy atom. The van der Waals surface area contributed by atoms with Crippen molar-refractivity contribution in [2.45, 2.75) is 90.4 Å². The second-order valence-corrected chi connectivity index (χ2v) is 12.2. The Morgan fingerprint density at radius 2 is 1.05 bits per heavy atom. The second-order valence-electron chi connectivity index (χ2n) is 12.2. The fraction of sp³-hybridized carbons (Fsp3) is 0.457. The van der Waals surface area contributed by atoms with Crippen LogP contribution >= 0.6 is 0 Å². The van der Waals surface area contributed by atoms with Gasteiger partial charge in [0, 0.05) is 35.3 Å². The third-order valence-corrected chi connectivity index (χ3v) is 8.93. The van der Waals surface area contributed by atoms with Crippen molar-refractivity contribution in [3.63, 3.8) is 0 Å². The van der Waals surface area contributed by atoms with E-state index in [2.05, 4.69) is 126 Å². The molecule has 5 rings (SSSR count). The Morgan fingerprint density at radius 3 is 1.41 bits per heavy atom. The monoisotopic (exact) mass is 555 g/mol. The number of carbonyl (C=O) groups excluding carboxylic acids is 1. The Kier molecular flexibility index (Phi) is 8.67. The van der Waals surface area contributed by atoms with E-state index in [4.69, 9.17) is 9.47 Å². The summed E-state index contributed by atoms with van der Waals surface area (Å²) in [4.78, 5) is 21.1. The predicted octanol–water partition coefficient (Wildman–Crippen LogP) is 7.13. The molecule has 1 amide bonds. The topological polar surface area (TPSA) is 45.3 Å². The van der Waals surface area contributed by atoms with Crippen molar-refractivity contribution in [3.8, 4) is 0 Å². The lowest BCUT2D eigenvalue weighted by Crippen LogP contribution is -2.43. The van der Waals surface area contributed by atoms with E-state index in [0.717, 1.165) is 22.3 Å². The SMILES string of the molecule is CC(C)N(C(=O)c1c([C@H]2O[C@@H](c3ccccc3)[C@@H](C)N2C)cccc1[C@@H]1O[C@H](c2ccccc2)[C@H](C)N1C)C(C)C. The van der Waals surface area contributed by atoms with Crippen molar-refractivity contribution < 1.29 is 14.3 Å². The fourth-order valence-electron chi connectivity index (χ4n) is 6.58. The van der Waals surface area contributed by atoms with E-state index in [0.29, 0.717) is 5.56 Å². The third kappa shape index (κ3) is 5.46. The van der Waals surface area contributed by atoms with Crippen LogP contribution in [0.15, 0.2) is 78.9 Å². The molecule has 0 aromatic heterocycles. The molecular weight excluding hydrogens is 510 g/mol. The van der Waals surface area contributed by atoms with Gasteiger partial charge >= 0.3 is 0 Å². The summed E-state index contributed by atoms with van der Waals surface area (Å²) in [7, 11) is 4.18. The molecule has 2 saturated heterocycles. The van der Waals surface area contributed by atoms with Crippen LogP contribution < -0.4 is 0 Å². The highest BCUT2D eigenvalue weighted by Gasteiger charge is 2.44. The molecule has 0 bridgehead atoms. The van der Waals surface area contributed by atoms with Gasteiger partial charge in [0.2, 0.25) is 0 Å². The lowest BCUT2D eigenvalue weighted by atomic mass is 9.95. The normalized spacial score (nSPS) is 27.2. The minimum Gasteiger partial charge on any atom is -0.349 e. The zero-order valence-corrected chi connectivity index (χ0v) is 25.7. The molecular formula is C35H45N3O3. The maximum atomic E-state index is 14.6. The first-order valence-corrected chi connectivity index (χ1v) is 14.9. The van der Waals surface area contributed by atoms with Crippen LogP contribution in [0.2, 0.25) is 0 Å². The van der Waals surface area contributed by atoms with Gasteiger partial charge in [-0.05, 0) is 66.8 Å². The van der Waals surface area contributed by atoms with Crippen LogP contribution in [0.1, 0.15) is 98.8 Å². The van der Waals surface area contributed by atoms with Gasteiger partial charge in [-0.1, -0.05) is 78.9 Å². The van der Waals surface area contributed by atoms with Crippen molar-refractivity contribution >= 4 is 5.91 Å². The molecule has 0 unspecified atom stereocenters. The summed E-state index contributed by atoms with van der Waals surface area (Å²) in [6.45, 7) is 12.7. The Hall–Kier alpha value is -3.03. The highest BCUT2D eigenvalue weighted by atomic mass is 16.5. The lowest BCUT2D eigenvalue weighted by molar-refractivity contribution is -0.000974. The van der Waals surface area contributed by atoms with Gasteiger partial charge in [0.15, 0.2) is 0 Å². The molecule has 2 fully saturated rings. The van der Waals surface area contributed by atoms with E-state index < -0.39 is 0 Å². The van der Waals surface area contributed by atoms with Crippen LogP contribution in [-0.2, 0) is 9.47 Å². The molecule has 0 N–H and O–H groups in total. The van der Waals surface area contributed by atoms with Crippen LogP contribution in [0.3, 0.4) is 0 Å². The first kappa shape index (κ1) is 29.5. The molecule has 0 spiro atoms. The summed E-state index contributed by atoms with van der Waals surface area (Å²) in [5.74, 6) is 0.0150. The van der Waals surface area contributed by atoms with E-state index >= 15 is 0 Å². The van der Waals surface area contributed by atoms with Crippen molar-refractivity contribution in [2.24, 2.45) is 0 Å². The van der Waals surface area contributed by atoms with Crippen LogP contribution in [0.25, 0.3) is 0 Å². The van der Waals surface area contributed by atoms with E-state index in [1.54, 1.807) is 0 Å². The second kappa shape index (κ2) is 12.1. The summed E-state index contributed by atoms with van der Waals surface area (Å²) >= 11 is 0. The number of benzene rings is 3. The van der Waals surface area contributed by atoms with Crippen molar-refractivity contribution in [3.05, 3.63) is 107 Å². The number of amides is 1. The number of hydrogen-bond acceptors (Lipinski definition) is 5. The number of nitrogens with zero attached hydrogens (tertiary/aromatic N) is 3. The van der Waals surface area contributed by atoms with Crippen LogP contribution in [0.4, 0.5) is 0 Å². The Labute approximate surface area is 245 Å². The predicted molar refractivity (Wildman–Crippen MR) is 163 cm³/mol. The maximum Gasteiger partial charge on any atom is 0.255 e. The number of carbonyl (C=O) groups is 1. The molecule has 2 aliphatic heterocycles. The summed E-state index contributed by atoms with van der Waals surface area (Å²) in [5, 5.41) is 0. The van der Waals surface area contributed by atoms with Gasteiger partial charge in [0.1, 0.15) is 24.7 Å². The molecule has 0 aliphatic carbocycles. The van der Waals surface area contributed by atoms with Gasteiger partial charge in [-0.2, -0.15) is 0 Å². The summed E-state index contributed by atoms with van der Waals surface area (Å²) < 4.78 is 13.6. The number of likely N-dealkylation sites (N-methyl/N-ethyl adjacent to an activating group) is 2. The van der Waals surface area contributed by atoms with Gasteiger partial charge in [0.05, 0.1) is 5.56 Å². The Bertz CT molecular complexity index is 1240. The van der Waals surface area contributed by atoms with Crippen LogP contribution in [-0.4, -0.2) is 58.9 Å². The minimum atomic E-state index is -0.371. The third-order valence-electron chi connectivity index (χ3n) is 8.93. The van der Waals surface area contributed by atoms with Gasteiger partial charge < -0.3 is 14.4 Å². The molecule has 41 heavy (non-hydrogen) atoms. The zero-order valence-electron chi connectivity index (χ0n) is 25.7. The standard InChI is InChI=1S/C35H45N3O3/c1-22(2)38(23(3)4)33(39)30-28(34-36(7)24(5)31(40-34)26-16-11-9-12-17-26)20-15-21-29(30)35-37(8)25(6)32(41-35)27-18-13-10-14-19-27/h9-25,31-32,34-35H,1-8H3/t24-,25+,31-,32+,34-,35+. The molecule has 0 saturated carbocycles. The first-order chi connectivity index (χ1) is 19.6. The Balaban J connectivity index is 1.61. The van der Waals surface area contributed by atoms with Gasteiger partial charge in [-0.3, -0.25) is 14.6 Å². The van der Waals surface area contributed by atoms with Gasteiger partial charge in [-0.25, -0.2) is 0 Å². The maximum absolute atomic E-state index is 14.6. The van der Waals surface area contributed by atoms with E-state index in [1.165, 1.54) is 0 Å². The molecule has 3 aromatic rings. The van der Waals surface area contributed by atoms with Crippen molar-refractivity contribution in [1.29, 1.82) is 0 Å². The largest absolute Gasteiger partial charge is 0.349 e. The van der Waals surface area contributed by atoms with E-state index in [-0.39, 0.29) is 54.7 Å². The number of rotatable bonds is 7.